The summed E-state index contributed by atoms with van der Waals surface area (Å²) < 4.78 is 10.5. The van der Waals surface area contributed by atoms with Crippen LogP contribution >= 0.6 is 11.6 Å². The van der Waals surface area contributed by atoms with Gasteiger partial charge in [-0.15, -0.1) is 0 Å². The highest BCUT2D eigenvalue weighted by Crippen LogP contribution is 2.38. The van der Waals surface area contributed by atoms with Crippen molar-refractivity contribution >= 4 is 29.4 Å². The molecule has 0 fully saturated rings. The highest BCUT2D eigenvalue weighted by Gasteiger charge is 2.29. The van der Waals surface area contributed by atoms with E-state index in [1.54, 1.807) is 25.1 Å². The number of hydrogen-bond donors (Lipinski definition) is 1. The van der Waals surface area contributed by atoms with Crippen LogP contribution in [0.15, 0.2) is 35.5 Å². The fraction of sp³-hybridized carbons (Fsp3) is 0.318. The molecule has 0 heterocycles. The van der Waals surface area contributed by atoms with Crippen LogP contribution in [0.2, 0.25) is 5.02 Å². The van der Waals surface area contributed by atoms with Crippen molar-refractivity contribution in [1.29, 1.82) is 0 Å². The summed E-state index contributed by atoms with van der Waals surface area (Å²) in [6.07, 6.45) is 0. The Balaban J connectivity index is 2.53. The molecule has 0 radical (unpaired) electrons. The second kappa shape index (κ2) is 9.17. The van der Waals surface area contributed by atoms with Gasteiger partial charge in [-0.05, 0) is 48.2 Å². The third-order valence-corrected chi connectivity index (χ3v) is 4.78. The van der Waals surface area contributed by atoms with Crippen molar-refractivity contribution in [3.63, 3.8) is 0 Å². The van der Waals surface area contributed by atoms with Gasteiger partial charge in [0.2, 0.25) is 0 Å². The van der Waals surface area contributed by atoms with Gasteiger partial charge in [0.25, 0.3) is 0 Å². The molecule has 8 heteroatoms. The molecule has 0 aliphatic carbocycles. The minimum atomic E-state index is -0.690. The van der Waals surface area contributed by atoms with Crippen LogP contribution in [0.5, 0.6) is 5.75 Å². The molecule has 0 saturated carbocycles. The van der Waals surface area contributed by atoms with Crippen LogP contribution in [0, 0.1) is 6.92 Å². The van der Waals surface area contributed by atoms with Gasteiger partial charge in [0.05, 0.1) is 19.8 Å². The highest BCUT2D eigenvalue weighted by atomic mass is 35.5. The molecular formula is C22H25ClN2O5. The molecule has 7 nitrogen and oxygen atoms in total. The molecule has 2 N–H and O–H groups in total. The summed E-state index contributed by atoms with van der Waals surface area (Å²) in [6, 6.07) is 7.94. The molecule has 2 rings (SSSR count). The summed E-state index contributed by atoms with van der Waals surface area (Å²) in [5.74, 6) is -0.914. The van der Waals surface area contributed by atoms with Gasteiger partial charge in [-0.3, -0.25) is 0 Å². The molecule has 0 amide bonds. The summed E-state index contributed by atoms with van der Waals surface area (Å²) in [5.41, 5.74) is 7.91. The van der Waals surface area contributed by atoms with Crippen molar-refractivity contribution in [2.24, 2.45) is 10.9 Å². The van der Waals surface area contributed by atoms with Crippen molar-refractivity contribution in [3.8, 4) is 5.75 Å². The van der Waals surface area contributed by atoms with Crippen LogP contribution in [0.1, 0.15) is 58.2 Å². The van der Waals surface area contributed by atoms with Crippen molar-refractivity contribution in [3.05, 3.63) is 63.2 Å². The van der Waals surface area contributed by atoms with E-state index in [0.717, 1.165) is 5.56 Å². The van der Waals surface area contributed by atoms with E-state index < -0.39 is 11.9 Å². The van der Waals surface area contributed by atoms with Gasteiger partial charge in [-0.25, -0.2) is 9.59 Å². The normalized spacial score (nSPS) is 11.8. The summed E-state index contributed by atoms with van der Waals surface area (Å²) in [6.45, 7) is 7.61. The minimum absolute atomic E-state index is 0.0619. The maximum Gasteiger partial charge on any atom is 0.365 e. The molecule has 0 saturated heterocycles. The average Bonchev–Trinajstić information content (AvgIpc) is 2.70. The number of benzene rings is 2. The average molecular weight is 433 g/mol. The third-order valence-electron chi connectivity index (χ3n) is 4.52. The first kappa shape index (κ1) is 23.2. The number of amidine groups is 1. The molecule has 0 unspecified atom stereocenters. The molecule has 0 aliphatic rings. The number of esters is 1. The molecule has 0 aliphatic heterocycles. The first-order valence-electron chi connectivity index (χ1n) is 9.12. The largest absolute Gasteiger partial charge is 0.496 e. The van der Waals surface area contributed by atoms with Crippen LogP contribution in [0.4, 0.5) is 0 Å². The fourth-order valence-corrected chi connectivity index (χ4v) is 3.05. The summed E-state index contributed by atoms with van der Waals surface area (Å²) in [7, 11) is 2.78. The Morgan fingerprint density at radius 2 is 1.67 bits per heavy atom. The number of methoxy groups -OCH3 is 2. The van der Waals surface area contributed by atoms with Gasteiger partial charge in [-0.2, -0.15) is 0 Å². The van der Waals surface area contributed by atoms with Crippen LogP contribution in [-0.2, 0) is 15.0 Å². The third kappa shape index (κ3) is 4.91. The Morgan fingerprint density at radius 3 is 2.17 bits per heavy atom. The maximum absolute atomic E-state index is 12.5. The van der Waals surface area contributed by atoms with E-state index in [1.807, 2.05) is 20.8 Å². The molecule has 0 aromatic heterocycles. The van der Waals surface area contributed by atoms with Gasteiger partial charge in [0.15, 0.2) is 5.84 Å². The van der Waals surface area contributed by atoms with E-state index in [9.17, 15) is 9.59 Å². The zero-order valence-corrected chi connectivity index (χ0v) is 18.6. The Labute approximate surface area is 180 Å². The lowest BCUT2D eigenvalue weighted by atomic mass is 9.82. The molecule has 0 bridgehead atoms. The van der Waals surface area contributed by atoms with Crippen LogP contribution in [-0.4, -0.2) is 32.0 Å². The highest BCUT2D eigenvalue weighted by molar-refractivity contribution is 6.30. The van der Waals surface area contributed by atoms with Gasteiger partial charge >= 0.3 is 11.9 Å². The van der Waals surface area contributed by atoms with Crippen molar-refractivity contribution < 1.29 is 23.9 Å². The standard InChI is InChI=1S/C22H25ClN2O5/c1-12-15(19(24)25-30-20(26)13-7-9-14(23)10-8-13)11-16(22(2,3)4)18(28-5)17(12)21(27)29-6/h7-11H,1-6H3,(H2,24,25). The molecule has 2 aromatic carbocycles. The lowest BCUT2D eigenvalue weighted by Crippen LogP contribution is -2.23. The Bertz CT molecular complexity index is 992. The van der Waals surface area contributed by atoms with Crippen molar-refractivity contribution in [1.82, 2.24) is 0 Å². The Morgan fingerprint density at radius 1 is 1.07 bits per heavy atom. The van der Waals surface area contributed by atoms with E-state index in [-0.39, 0.29) is 22.4 Å². The fourth-order valence-electron chi connectivity index (χ4n) is 2.92. The number of nitrogens with zero attached hydrogens (tertiary/aromatic N) is 1. The van der Waals surface area contributed by atoms with Crippen LogP contribution in [0.25, 0.3) is 0 Å². The topological polar surface area (TPSA) is 100 Å². The quantitative estimate of drug-likeness (QED) is 0.249. The van der Waals surface area contributed by atoms with Gasteiger partial charge < -0.3 is 20.0 Å². The van der Waals surface area contributed by atoms with Gasteiger partial charge in [0.1, 0.15) is 11.3 Å². The number of nitrogens with two attached hydrogens (primary N) is 1. The lowest BCUT2D eigenvalue weighted by molar-refractivity contribution is 0.0514. The predicted molar refractivity (Wildman–Crippen MR) is 115 cm³/mol. The molecule has 0 atom stereocenters. The minimum Gasteiger partial charge on any atom is -0.496 e. The second-order valence-corrected chi connectivity index (χ2v) is 8.05. The zero-order valence-electron chi connectivity index (χ0n) is 17.8. The number of hydrogen-bond acceptors (Lipinski definition) is 6. The smallest absolute Gasteiger partial charge is 0.365 e. The van der Waals surface area contributed by atoms with Crippen LogP contribution in [0.3, 0.4) is 0 Å². The molecular weight excluding hydrogens is 408 g/mol. The SMILES string of the molecule is COC(=O)c1c(C)c(C(N)=NOC(=O)c2ccc(Cl)cc2)cc(C(C)(C)C)c1OC. The van der Waals surface area contributed by atoms with E-state index in [0.29, 0.717) is 21.9 Å². The van der Waals surface area contributed by atoms with Crippen LogP contribution < -0.4 is 10.5 Å². The summed E-state index contributed by atoms with van der Waals surface area (Å²) in [4.78, 5) is 29.7. The molecule has 160 valence electrons. The molecule has 0 spiro atoms. The summed E-state index contributed by atoms with van der Waals surface area (Å²) in [5, 5.41) is 4.27. The first-order valence-corrected chi connectivity index (χ1v) is 9.50. The lowest BCUT2D eigenvalue weighted by Gasteiger charge is -2.26. The monoisotopic (exact) mass is 432 g/mol. The van der Waals surface area contributed by atoms with E-state index >= 15 is 0 Å². The maximum atomic E-state index is 12.5. The zero-order chi connectivity index (χ0) is 22.6. The van der Waals surface area contributed by atoms with Gasteiger partial charge in [-0.1, -0.05) is 37.5 Å². The Hall–Kier alpha value is -3.06. The number of carbonyl (C=O) groups excluding carboxylic acids is 2. The van der Waals surface area contributed by atoms with Crippen molar-refractivity contribution in [2.75, 3.05) is 14.2 Å². The molecule has 30 heavy (non-hydrogen) atoms. The second-order valence-electron chi connectivity index (χ2n) is 7.61. The van der Waals surface area contributed by atoms with E-state index in [4.69, 9.17) is 31.6 Å². The van der Waals surface area contributed by atoms with E-state index in [2.05, 4.69) is 5.16 Å². The number of carbonyl (C=O) groups is 2. The van der Waals surface area contributed by atoms with E-state index in [1.165, 1.54) is 26.4 Å². The number of oxime groups is 1. The molecule has 2 aromatic rings. The Kier molecular flexibility index (Phi) is 7.10. The predicted octanol–water partition coefficient (Wildman–Crippen LogP) is 4.22. The van der Waals surface area contributed by atoms with Crippen molar-refractivity contribution in [2.45, 2.75) is 33.1 Å². The summed E-state index contributed by atoms with van der Waals surface area (Å²) >= 11 is 5.82. The number of rotatable bonds is 5. The first-order chi connectivity index (χ1) is 14.0. The number of ether oxygens (including phenoxy) is 2. The van der Waals surface area contributed by atoms with Gasteiger partial charge in [0, 0.05) is 16.1 Å². The number of halogens is 1.